The highest BCUT2D eigenvalue weighted by Gasteiger charge is 2.32. The second kappa shape index (κ2) is 16.0. The average Bonchev–Trinajstić information content (AvgIpc) is 2.96. The van der Waals surface area contributed by atoms with Crippen molar-refractivity contribution in [1.29, 1.82) is 0 Å². The zero-order valence-corrected chi connectivity index (χ0v) is 26.4. The molecule has 3 aliphatic rings. The van der Waals surface area contributed by atoms with E-state index in [0.717, 1.165) is 31.2 Å². The molecule has 43 heavy (non-hydrogen) atoms. The first-order chi connectivity index (χ1) is 20.7. The molecule has 4 rings (SSSR count). The number of hydrogen-bond donors (Lipinski definition) is 1. The van der Waals surface area contributed by atoms with E-state index in [-0.39, 0.29) is 37.2 Å². The minimum atomic E-state index is -0.646. The number of amides is 2. The number of hydrogen-bond acceptors (Lipinski definition) is 8. The summed E-state index contributed by atoms with van der Waals surface area (Å²) in [6.07, 6.45) is 11.8. The van der Waals surface area contributed by atoms with Crippen molar-refractivity contribution in [1.82, 2.24) is 15.1 Å². The third kappa shape index (κ3) is 9.60. The van der Waals surface area contributed by atoms with E-state index in [1.165, 1.54) is 38.5 Å². The highest BCUT2D eigenvalue weighted by Crippen LogP contribution is 2.34. The summed E-state index contributed by atoms with van der Waals surface area (Å²) in [6, 6.07) is 6.35. The molecule has 1 N–H and O–H groups in total. The summed E-state index contributed by atoms with van der Waals surface area (Å²) in [4.78, 5) is 47.0. The molecule has 0 saturated heterocycles. The minimum absolute atomic E-state index is 0.0978. The Morgan fingerprint density at radius 1 is 0.930 bits per heavy atom. The Hall–Kier alpha value is -3.30. The fraction of sp³-hybridized carbons (Fsp3) is 0.697. The topological polar surface area (TPSA) is 110 Å². The van der Waals surface area contributed by atoms with Crippen LogP contribution in [-0.4, -0.2) is 71.2 Å². The van der Waals surface area contributed by atoms with Crippen LogP contribution in [0.25, 0.3) is 0 Å². The summed E-state index contributed by atoms with van der Waals surface area (Å²) >= 11 is 0. The van der Waals surface area contributed by atoms with Crippen molar-refractivity contribution in [2.24, 2.45) is 4.99 Å². The lowest BCUT2D eigenvalue weighted by molar-refractivity contribution is -0.148. The molecule has 2 fully saturated rings. The summed E-state index contributed by atoms with van der Waals surface area (Å²) < 4.78 is 16.8. The quantitative estimate of drug-likeness (QED) is 0.238. The van der Waals surface area contributed by atoms with Gasteiger partial charge in [-0.2, -0.15) is 0 Å². The summed E-state index contributed by atoms with van der Waals surface area (Å²) in [7, 11) is 0. The Bertz CT molecular complexity index is 1110. The van der Waals surface area contributed by atoms with E-state index in [9.17, 15) is 14.4 Å². The van der Waals surface area contributed by atoms with Gasteiger partial charge in [-0.25, -0.2) is 9.79 Å². The largest absolute Gasteiger partial charge is 0.493 e. The number of aliphatic imine (C=N–C) groups is 1. The molecular weight excluding hydrogens is 548 g/mol. The van der Waals surface area contributed by atoms with Crippen LogP contribution in [-0.2, 0) is 25.6 Å². The van der Waals surface area contributed by atoms with Crippen molar-refractivity contribution in [3.05, 3.63) is 23.8 Å². The van der Waals surface area contributed by atoms with Crippen molar-refractivity contribution in [3.63, 3.8) is 0 Å². The molecule has 0 radical (unpaired) electrons. The molecular formula is C33H50N4O6. The van der Waals surface area contributed by atoms with Gasteiger partial charge in [0, 0.05) is 24.1 Å². The van der Waals surface area contributed by atoms with Crippen LogP contribution in [0, 0.1) is 0 Å². The molecule has 1 aromatic carbocycles. The molecule has 0 spiro atoms. The molecule has 1 heterocycles. The van der Waals surface area contributed by atoms with E-state index in [1.807, 2.05) is 18.2 Å². The van der Waals surface area contributed by atoms with Gasteiger partial charge in [0.2, 0.25) is 11.9 Å². The van der Waals surface area contributed by atoms with Crippen LogP contribution >= 0.6 is 0 Å². The van der Waals surface area contributed by atoms with Crippen molar-refractivity contribution in [2.45, 2.75) is 136 Å². The fourth-order valence-electron chi connectivity index (χ4n) is 6.39. The third-order valence-electron chi connectivity index (χ3n) is 8.24. The second-order valence-electron chi connectivity index (χ2n) is 12.5. The van der Waals surface area contributed by atoms with Gasteiger partial charge in [-0.1, -0.05) is 44.6 Å². The Labute approximate surface area is 256 Å². The van der Waals surface area contributed by atoms with Gasteiger partial charge in [0.05, 0.1) is 31.0 Å². The van der Waals surface area contributed by atoms with Crippen LogP contribution in [0.3, 0.4) is 0 Å². The lowest BCUT2D eigenvalue weighted by Crippen LogP contribution is -2.48. The van der Waals surface area contributed by atoms with E-state index in [0.29, 0.717) is 43.0 Å². The zero-order valence-electron chi connectivity index (χ0n) is 26.4. The zero-order chi connectivity index (χ0) is 30.8. The maximum absolute atomic E-state index is 13.6. The number of esters is 1. The molecule has 1 aromatic rings. The molecule has 0 unspecified atom stereocenters. The highest BCUT2D eigenvalue weighted by atomic mass is 16.6. The number of carbonyl (C=O) groups excluding carboxylic acids is 3. The van der Waals surface area contributed by atoms with Crippen LogP contribution in [0.1, 0.15) is 110 Å². The lowest BCUT2D eigenvalue weighted by Gasteiger charge is -2.42. The van der Waals surface area contributed by atoms with Gasteiger partial charge in [0.15, 0.2) is 0 Å². The molecule has 2 saturated carbocycles. The van der Waals surface area contributed by atoms with Crippen LogP contribution in [0.5, 0.6) is 5.75 Å². The molecule has 238 valence electrons. The molecule has 1 aliphatic heterocycles. The van der Waals surface area contributed by atoms with E-state index in [1.54, 1.807) is 32.6 Å². The molecule has 2 amide bonds. The maximum Gasteiger partial charge on any atom is 0.414 e. The van der Waals surface area contributed by atoms with Crippen molar-refractivity contribution in [2.75, 3.05) is 13.2 Å². The Kier molecular flexibility index (Phi) is 12.1. The average molecular weight is 599 g/mol. The monoisotopic (exact) mass is 598 g/mol. The van der Waals surface area contributed by atoms with Crippen LogP contribution in [0.4, 0.5) is 10.5 Å². The van der Waals surface area contributed by atoms with Crippen LogP contribution in [0.2, 0.25) is 0 Å². The standard InChI is InChI=1S/C33H50N4O6/c1-23(2)42-31(39)22-36-21-27-28(34-32(36)35-33(40)43-24(3)4)17-11-18-29(27)41-20-12-19-30(38)37(25-13-7-5-8-14-25)26-15-9-6-10-16-26/h11,17-18,23-26H,5-10,12-16,19-22H2,1-4H3,(H,34,35,40). The molecule has 0 bridgehead atoms. The maximum atomic E-state index is 13.6. The number of benzene rings is 1. The lowest BCUT2D eigenvalue weighted by atomic mass is 9.88. The fourth-order valence-corrected chi connectivity index (χ4v) is 6.39. The molecule has 0 atom stereocenters. The first kappa shape index (κ1) is 32.6. The summed E-state index contributed by atoms with van der Waals surface area (Å²) in [5.41, 5.74) is 1.45. The Balaban J connectivity index is 1.41. The predicted molar refractivity (Wildman–Crippen MR) is 165 cm³/mol. The van der Waals surface area contributed by atoms with Crippen molar-refractivity contribution < 1.29 is 28.6 Å². The SMILES string of the molecule is CC(C)OC(=O)CN1Cc2c(cccc2OCCCC(=O)N(C2CCCCC2)C2CCCCC2)N=C1NC(=O)OC(C)C. The van der Waals surface area contributed by atoms with Gasteiger partial charge in [0.1, 0.15) is 12.3 Å². The summed E-state index contributed by atoms with van der Waals surface area (Å²) in [6.45, 7) is 7.69. The molecule has 2 aliphatic carbocycles. The number of ether oxygens (including phenoxy) is 3. The van der Waals surface area contributed by atoms with E-state index >= 15 is 0 Å². The predicted octanol–water partition coefficient (Wildman–Crippen LogP) is 6.23. The first-order valence-corrected chi connectivity index (χ1v) is 16.3. The highest BCUT2D eigenvalue weighted by molar-refractivity contribution is 5.97. The summed E-state index contributed by atoms with van der Waals surface area (Å²) in [5.74, 6) is 0.701. The summed E-state index contributed by atoms with van der Waals surface area (Å²) in [5, 5.41) is 2.67. The molecule has 10 heteroatoms. The smallest absolute Gasteiger partial charge is 0.414 e. The first-order valence-electron chi connectivity index (χ1n) is 16.3. The van der Waals surface area contributed by atoms with Gasteiger partial charge in [-0.3, -0.25) is 14.9 Å². The number of nitrogens with one attached hydrogen (secondary N) is 1. The van der Waals surface area contributed by atoms with Gasteiger partial charge in [-0.15, -0.1) is 0 Å². The van der Waals surface area contributed by atoms with Crippen molar-refractivity contribution in [3.8, 4) is 5.75 Å². The number of alkyl carbamates (subject to hydrolysis) is 1. The van der Waals surface area contributed by atoms with Crippen molar-refractivity contribution >= 4 is 29.6 Å². The molecule has 10 nitrogen and oxygen atoms in total. The van der Waals surface area contributed by atoms with Crippen LogP contribution in [0.15, 0.2) is 23.2 Å². The number of nitrogens with zero attached hydrogens (tertiary/aromatic N) is 3. The van der Waals surface area contributed by atoms with Gasteiger partial charge >= 0.3 is 12.1 Å². The molecule has 0 aromatic heterocycles. The van der Waals surface area contributed by atoms with Gasteiger partial charge < -0.3 is 24.0 Å². The number of fused-ring (bicyclic) bond motifs is 1. The van der Waals surface area contributed by atoms with E-state index in [2.05, 4.69) is 15.2 Å². The van der Waals surface area contributed by atoms with E-state index in [4.69, 9.17) is 14.2 Å². The normalized spacial score (nSPS) is 17.7. The number of guanidine groups is 1. The van der Waals surface area contributed by atoms with Crippen LogP contribution < -0.4 is 10.1 Å². The Morgan fingerprint density at radius 3 is 2.16 bits per heavy atom. The van der Waals surface area contributed by atoms with E-state index < -0.39 is 12.1 Å². The Morgan fingerprint density at radius 2 is 1.56 bits per heavy atom. The minimum Gasteiger partial charge on any atom is -0.493 e. The third-order valence-corrected chi connectivity index (χ3v) is 8.24. The van der Waals surface area contributed by atoms with Gasteiger partial charge in [0.25, 0.3) is 0 Å². The second-order valence-corrected chi connectivity index (χ2v) is 12.5. The number of rotatable bonds is 11. The van der Waals surface area contributed by atoms with Gasteiger partial charge in [-0.05, 0) is 71.9 Å². The number of carbonyl (C=O) groups is 3.